The highest BCUT2D eigenvalue weighted by Gasteiger charge is 2.34. The van der Waals surface area contributed by atoms with E-state index in [0.717, 1.165) is 17.4 Å². The molecule has 7 heteroatoms. The van der Waals surface area contributed by atoms with Crippen molar-refractivity contribution in [2.45, 2.75) is 23.8 Å². The van der Waals surface area contributed by atoms with Gasteiger partial charge in [0.2, 0.25) is 10.0 Å². The Bertz CT molecular complexity index is 554. The van der Waals surface area contributed by atoms with Gasteiger partial charge in [-0.1, -0.05) is 15.9 Å². The summed E-state index contributed by atoms with van der Waals surface area (Å²) in [4.78, 5) is 0.255. The molecule has 0 aliphatic carbocycles. The predicted molar refractivity (Wildman–Crippen MR) is 78.1 cm³/mol. The molecule has 4 nitrogen and oxygen atoms in total. The van der Waals surface area contributed by atoms with Gasteiger partial charge in [0.15, 0.2) is 0 Å². The molecular weight excluding hydrogens is 384 g/mol. The van der Waals surface area contributed by atoms with Crippen LogP contribution in [0, 0.1) is 0 Å². The lowest BCUT2D eigenvalue weighted by molar-refractivity contribution is 0.452. The van der Waals surface area contributed by atoms with Crippen molar-refractivity contribution >= 4 is 41.9 Å². The van der Waals surface area contributed by atoms with E-state index < -0.39 is 15.6 Å². The third-order valence-corrected chi connectivity index (χ3v) is 6.06. The van der Waals surface area contributed by atoms with Crippen LogP contribution in [0.4, 0.5) is 0 Å². The molecule has 1 saturated heterocycles. The van der Waals surface area contributed by atoms with E-state index in [1.165, 1.54) is 0 Å². The van der Waals surface area contributed by atoms with Crippen LogP contribution in [-0.2, 0) is 10.0 Å². The molecule has 0 aromatic heterocycles. The van der Waals surface area contributed by atoms with Gasteiger partial charge >= 0.3 is 0 Å². The van der Waals surface area contributed by atoms with Crippen molar-refractivity contribution in [3.63, 3.8) is 0 Å². The van der Waals surface area contributed by atoms with Crippen LogP contribution in [0.5, 0.6) is 0 Å². The molecule has 0 spiro atoms. The van der Waals surface area contributed by atoms with Crippen LogP contribution >= 0.6 is 31.9 Å². The summed E-state index contributed by atoms with van der Waals surface area (Å²) in [6.45, 7) is 3.40. The summed E-state index contributed by atoms with van der Waals surface area (Å²) in [5.41, 5.74) is -0.416. The molecule has 0 amide bonds. The second-order valence-corrected chi connectivity index (χ2v) is 8.09. The van der Waals surface area contributed by atoms with Crippen LogP contribution < -0.4 is 10.0 Å². The van der Waals surface area contributed by atoms with E-state index in [4.69, 9.17) is 0 Å². The molecular formula is C11H14Br2N2O2S. The van der Waals surface area contributed by atoms with E-state index in [0.29, 0.717) is 11.0 Å². The molecule has 1 fully saturated rings. The lowest BCUT2D eigenvalue weighted by atomic mass is 10.0. The quantitative estimate of drug-likeness (QED) is 0.822. The van der Waals surface area contributed by atoms with Gasteiger partial charge in [0.05, 0.1) is 4.90 Å². The highest BCUT2D eigenvalue weighted by molar-refractivity contribution is 9.11. The molecule has 18 heavy (non-hydrogen) atoms. The first-order chi connectivity index (χ1) is 8.32. The van der Waals surface area contributed by atoms with Gasteiger partial charge in [0.1, 0.15) is 0 Å². The third-order valence-electron chi connectivity index (χ3n) is 2.93. The van der Waals surface area contributed by atoms with Crippen molar-refractivity contribution in [2.24, 2.45) is 0 Å². The molecule has 1 unspecified atom stereocenters. The standard InChI is InChI=1S/C11H14Br2N2O2S/c1-11(4-5-14-7-11)15-18(16,17)10-6-8(12)2-3-9(10)13/h2-3,6,14-15H,4-5,7H2,1H3. The van der Waals surface area contributed by atoms with E-state index in [1.54, 1.807) is 18.2 Å². The van der Waals surface area contributed by atoms with Crippen molar-refractivity contribution in [1.29, 1.82) is 0 Å². The smallest absolute Gasteiger partial charge is 0.242 e. The highest BCUT2D eigenvalue weighted by atomic mass is 79.9. The monoisotopic (exact) mass is 396 g/mol. The number of benzene rings is 1. The molecule has 100 valence electrons. The van der Waals surface area contributed by atoms with E-state index in [-0.39, 0.29) is 4.90 Å². The summed E-state index contributed by atoms with van der Waals surface area (Å²) in [6, 6.07) is 5.11. The van der Waals surface area contributed by atoms with Crippen LogP contribution in [0.25, 0.3) is 0 Å². The molecule has 1 atom stereocenters. The summed E-state index contributed by atoms with van der Waals surface area (Å²) in [7, 11) is -3.52. The van der Waals surface area contributed by atoms with E-state index in [1.807, 2.05) is 6.92 Å². The molecule has 1 heterocycles. The summed E-state index contributed by atoms with van der Waals surface area (Å²) in [5, 5.41) is 3.16. The molecule has 1 aliphatic rings. The fourth-order valence-corrected chi connectivity index (χ4v) is 4.90. The van der Waals surface area contributed by atoms with Crippen molar-refractivity contribution in [3.05, 3.63) is 27.1 Å². The zero-order valence-electron chi connectivity index (χ0n) is 9.83. The summed E-state index contributed by atoms with van der Waals surface area (Å²) >= 11 is 6.57. The summed E-state index contributed by atoms with van der Waals surface area (Å²) in [5.74, 6) is 0. The van der Waals surface area contributed by atoms with E-state index in [9.17, 15) is 8.42 Å². The van der Waals surface area contributed by atoms with E-state index >= 15 is 0 Å². The lowest BCUT2D eigenvalue weighted by Gasteiger charge is -2.24. The van der Waals surface area contributed by atoms with Crippen molar-refractivity contribution in [1.82, 2.24) is 10.0 Å². The Kier molecular flexibility index (Phi) is 4.18. The summed E-state index contributed by atoms with van der Waals surface area (Å²) in [6.07, 6.45) is 0.790. The number of nitrogens with one attached hydrogen (secondary N) is 2. The minimum atomic E-state index is -3.52. The predicted octanol–water partition coefficient (Wildman–Crippen LogP) is 2.24. The maximum atomic E-state index is 12.4. The zero-order valence-corrected chi connectivity index (χ0v) is 13.8. The number of hydrogen-bond donors (Lipinski definition) is 2. The Hall–Kier alpha value is 0.0500. The van der Waals surface area contributed by atoms with Gasteiger partial charge in [0, 0.05) is 21.0 Å². The first kappa shape index (κ1) is 14.5. The van der Waals surface area contributed by atoms with Crippen LogP contribution in [0.2, 0.25) is 0 Å². The lowest BCUT2D eigenvalue weighted by Crippen LogP contribution is -2.47. The summed E-state index contributed by atoms with van der Waals surface area (Å²) < 4.78 is 28.8. The second kappa shape index (κ2) is 5.20. The maximum Gasteiger partial charge on any atom is 0.242 e. The van der Waals surface area contributed by atoms with Gasteiger partial charge in [-0.15, -0.1) is 0 Å². The molecule has 0 saturated carbocycles. The minimum Gasteiger partial charge on any atom is -0.315 e. The van der Waals surface area contributed by atoms with Gasteiger partial charge in [0.25, 0.3) is 0 Å². The van der Waals surface area contributed by atoms with Crippen LogP contribution in [0.15, 0.2) is 32.0 Å². The normalized spacial score (nSPS) is 24.4. The van der Waals surface area contributed by atoms with Gasteiger partial charge in [-0.2, -0.15) is 0 Å². The Balaban J connectivity index is 2.33. The highest BCUT2D eigenvalue weighted by Crippen LogP contribution is 2.27. The average Bonchev–Trinajstić information content (AvgIpc) is 2.67. The minimum absolute atomic E-state index is 0.255. The molecule has 0 bridgehead atoms. The first-order valence-electron chi connectivity index (χ1n) is 5.52. The molecule has 1 aliphatic heterocycles. The Morgan fingerprint density at radius 3 is 2.72 bits per heavy atom. The molecule has 1 aromatic carbocycles. The van der Waals surface area contributed by atoms with Gasteiger partial charge in [-0.3, -0.25) is 0 Å². The fraction of sp³-hybridized carbons (Fsp3) is 0.455. The van der Waals surface area contributed by atoms with Gasteiger partial charge in [-0.05, 0) is 54.0 Å². The maximum absolute atomic E-state index is 12.4. The SMILES string of the molecule is CC1(NS(=O)(=O)c2cc(Br)ccc2Br)CCNC1. The Morgan fingerprint density at radius 1 is 1.39 bits per heavy atom. The number of halogens is 2. The largest absolute Gasteiger partial charge is 0.315 e. The fourth-order valence-electron chi connectivity index (χ4n) is 1.97. The Labute approximate surface area is 124 Å². The average molecular weight is 398 g/mol. The van der Waals surface area contributed by atoms with Crippen LogP contribution in [-0.4, -0.2) is 27.0 Å². The van der Waals surface area contributed by atoms with E-state index in [2.05, 4.69) is 41.9 Å². The van der Waals surface area contributed by atoms with Crippen LogP contribution in [0.1, 0.15) is 13.3 Å². The van der Waals surface area contributed by atoms with Gasteiger partial charge in [-0.25, -0.2) is 13.1 Å². The first-order valence-corrected chi connectivity index (χ1v) is 8.59. The molecule has 0 radical (unpaired) electrons. The topological polar surface area (TPSA) is 58.2 Å². The van der Waals surface area contributed by atoms with Crippen molar-refractivity contribution in [3.8, 4) is 0 Å². The molecule has 2 N–H and O–H groups in total. The molecule has 1 aromatic rings. The zero-order chi connectivity index (χ0) is 13.4. The Morgan fingerprint density at radius 2 is 2.11 bits per heavy atom. The van der Waals surface area contributed by atoms with Crippen molar-refractivity contribution < 1.29 is 8.42 Å². The third kappa shape index (κ3) is 3.14. The van der Waals surface area contributed by atoms with Crippen LogP contribution in [0.3, 0.4) is 0 Å². The van der Waals surface area contributed by atoms with Gasteiger partial charge < -0.3 is 5.32 Å². The number of hydrogen-bond acceptors (Lipinski definition) is 3. The van der Waals surface area contributed by atoms with Crippen molar-refractivity contribution in [2.75, 3.05) is 13.1 Å². The number of rotatable bonds is 3. The molecule has 2 rings (SSSR count). The number of sulfonamides is 1. The second-order valence-electron chi connectivity index (χ2n) is 4.67.